The van der Waals surface area contributed by atoms with E-state index in [4.69, 9.17) is 44.4 Å². The fourth-order valence-electron chi connectivity index (χ4n) is 0.673. The molecule has 116 valence electrons. The van der Waals surface area contributed by atoms with Gasteiger partial charge in [0.15, 0.2) is 0 Å². The monoisotopic (exact) mass is 303 g/mol. The summed E-state index contributed by atoms with van der Waals surface area (Å²) in [5.41, 5.74) is 3.94. The van der Waals surface area contributed by atoms with Crippen LogP contribution in [0.15, 0.2) is 0 Å². The fraction of sp³-hybridized carbons (Fsp3) is 1.00. The van der Waals surface area contributed by atoms with Gasteiger partial charge in [-0.1, -0.05) is 0 Å². The van der Waals surface area contributed by atoms with E-state index in [2.05, 4.69) is 4.34 Å². The normalized spacial score (nSPS) is 11.8. The zero-order valence-electron chi connectivity index (χ0n) is 11.1. The van der Waals surface area contributed by atoms with E-state index in [0.717, 1.165) is 0 Å². The summed E-state index contributed by atoms with van der Waals surface area (Å²) in [5.74, 6) is 0. The maximum atomic E-state index is 8.41. The molecule has 0 aromatic carbocycles. The standard InChI is InChI=1S/C4H11NO3.C3H11BO6Si/c5-4(1-6,2-7)3-8;1-7-11(8-2,9-3)10-4(5)6/h6-8H,1-3,5H2;5-6H,1-3H3. The maximum absolute atomic E-state index is 8.41. The first-order valence-corrected chi connectivity index (χ1v) is 6.72. The van der Waals surface area contributed by atoms with Gasteiger partial charge in [0.05, 0.1) is 25.4 Å². The first kappa shape index (κ1) is 21.2. The van der Waals surface area contributed by atoms with Crippen molar-refractivity contribution in [1.82, 2.24) is 0 Å². The van der Waals surface area contributed by atoms with E-state index < -0.39 is 41.7 Å². The first-order chi connectivity index (χ1) is 8.78. The summed E-state index contributed by atoms with van der Waals surface area (Å²) in [6, 6.07) is 0. The molecule has 0 radical (unpaired) electrons. The topological polar surface area (TPSA) is 164 Å². The molecule has 19 heavy (non-hydrogen) atoms. The zero-order chi connectivity index (χ0) is 15.5. The average Bonchev–Trinajstić information content (AvgIpc) is 2.44. The van der Waals surface area contributed by atoms with Crippen LogP contribution >= 0.6 is 0 Å². The second kappa shape index (κ2) is 10.6. The molecule has 0 aliphatic carbocycles. The molecule has 0 bridgehead atoms. The summed E-state index contributed by atoms with van der Waals surface area (Å²) in [6.07, 6.45) is 0. The quantitative estimate of drug-likeness (QED) is 0.243. The van der Waals surface area contributed by atoms with Crippen LogP contribution in [0.3, 0.4) is 0 Å². The number of aliphatic hydroxyl groups is 3. The predicted octanol–water partition coefficient (Wildman–Crippen LogP) is -3.99. The highest BCUT2D eigenvalue weighted by molar-refractivity contribution is 6.61. The molecule has 0 spiro atoms. The van der Waals surface area contributed by atoms with Crippen molar-refractivity contribution in [1.29, 1.82) is 0 Å². The average molecular weight is 303 g/mol. The van der Waals surface area contributed by atoms with E-state index in [1.54, 1.807) is 0 Å². The minimum atomic E-state index is -3.28. The van der Waals surface area contributed by atoms with Crippen molar-refractivity contribution in [3.05, 3.63) is 0 Å². The van der Waals surface area contributed by atoms with E-state index >= 15 is 0 Å². The van der Waals surface area contributed by atoms with Crippen LogP contribution in [-0.2, 0) is 17.6 Å². The Kier molecular flexibility index (Phi) is 11.9. The molecular formula is C7H22BNO9Si. The lowest BCUT2D eigenvalue weighted by Gasteiger charge is -2.22. The Morgan fingerprint density at radius 3 is 1.32 bits per heavy atom. The molecule has 0 unspecified atom stereocenters. The van der Waals surface area contributed by atoms with E-state index in [9.17, 15) is 0 Å². The minimum Gasteiger partial charge on any atom is -0.402 e. The molecule has 0 aromatic heterocycles. The largest absolute Gasteiger partial charge is 0.667 e. The van der Waals surface area contributed by atoms with Crippen molar-refractivity contribution < 1.29 is 43.0 Å². The molecular weight excluding hydrogens is 281 g/mol. The van der Waals surface area contributed by atoms with Gasteiger partial charge in [0.25, 0.3) is 0 Å². The SMILES string of the molecule is CO[Si](OC)(OC)OB(O)O.NC(CO)(CO)CO. The molecule has 0 aliphatic rings. The summed E-state index contributed by atoms with van der Waals surface area (Å²) in [7, 11) is -1.36. The molecule has 12 heteroatoms. The minimum absolute atomic E-state index is 0.403. The highest BCUT2D eigenvalue weighted by atomic mass is 28.4. The number of aliphatic hydroxyl groups excluding tert-OH is 3. The second-order valence-electron chi connectivity index (χ2n) is 3.39. The summed E-state index contributed by atoms with van der Waals surface area (Å²) >= 11 is 0. The highest BCUT2D eigenvalue weighted by Gasteiger charge is 2.45. The molecule has 0 fully saturated rings. The number of nitrogens with two attached hydrogens (primary N) is 1. The van der Waals surface area contributed by atoms with Gasteiger partial charge >= 0.3 is 16.4 Å². The third-order valence-electron chi connectivity index (χ3n) is 1.94. The molecule has 0 rings (SSSR count). The number of hydrogen-bond donors (Lipinski definition) is 6. The summed E-state index contributed by atoms with van der Waals surface area (Å²) in [6.45, 7) is -1.21. The lowest BCUT2D eigenvalue weighted by molar-refractivity contribution is 0.0335. The van der Waals surface area contributed by atoms with Crippen LogP contribution in [0.2, 0.25) is 0 Å². The van der Waals surface area contributed by atoms with Crippen LogP contribution in [0.25, 0.3) is 0 Å². The lowest BCUT2D eigenvalue weighted by atomic mass is 10.1. The van der Waals surface area contributed by atoms with Gasteiger partial charge < -0.3 is 48.7 Å². The van der Waals surface area contributed by atoms with E-state index in [1.807, 2.05) is 0 Å². The fourth-order valence-corrected chi connectivity index (χ4v) is 1.72. The van der Waals surface area contributed by atoms with Crippen molar-refractivity contribution in [2.75, 3.05) is 41.2 Å². The first-order valence-electron chi connectivity index (χ1n) is 5.09. The van der Waals surface area contributed by atoms with Crippen LogP contribution in [0.1, 0.15) is 0 Å². The Balaban J connectivity index is 0. The summed E-state index contributed by atoms with van der Waals surface area (Å²) in [4.78, 5) is 0. The van der Waals surface area contributed by atoms with Crippen LogP contribution in [0.5, 0.6) is 0 Å². The van der Waals surface area contributed by atoms with E-state index in [1.165, 1.54) is 21.3 Å². The van der Waals surface area contributed by atoms with Crippen molar-refractivity contribution in [3.8, 4) is 0 Å². The van der Waals surface area contributed by atoms with E-state index in [0.29, 0.717) is 0 Å². The van der Waals surface area contributed by atoms with Crippen LogP contribution in [-0.4, -0.2) is 88.4 Å². The van der Waals surface area contributed by atoms with Crippen LogP contribution in [0, 0.1) is 0 Å². The molecule has 0 saturated carbocycles. The number of rotatable bonds is 8. The molecule has 0 amide bonds. The predicted molar refractivity (Wildman–Crippen MR) is 66.2 cm³/mol. The molecule has 10 nitrogen and oxygen atoms in total. The smallest absolute Gasteiger partial charge is 0.402 e. The van der Waals surface area contributed by atoms with Gasteiger partial charge in [0.2, 0.25) is 0 Å². The van der Waals surface area contributed by atoms with Gasteiger partial charge in [-0.15, -0.1) is 0 Å². The molecule has 0 saturated heterocycles. The lowest BCUT2D eigenvalue weighted by Crippen LogP contribution is -2.50. The van der Waals surface area contributed by atoms with Gasteiger partial charge in [-0.3, -0.25) is 0 Å². The van der Waals surface area contributed by atoms with Crippen LogP contribution < -0.4 is 5.73 Å². The third kappa shape index (κ3) is 8.61. The van der Waals surface area contributed by atoms with Gasteiger partial charge in [0, 0.05) is 21.3 Å². The molecule has 0 aliphatic heterocycles. The Morgan fingerprint density at radius 2 is 1.26 bits per heavy atom. The Hall–Kier alpha value is -0.118. The maximum Gasteiger partial charge on any atom is 0.667 e. The van der Waals surface area contributed by atoms with Crippen molar-refractivity contribution in [2.24, 2.45) is 5.73 Å². The Morgan fingerprint density at radius 1 is 0.947 bits per heavy atom. The molecule has 7 N–H and O–H groups in total. The Labute approximate surface area is 113 Å². The summed E-state index contributed by atoms with van der Waals surface area (Å²) < 4.78 is 18.6. The highest BCUT2D eigenvalue weighted by Crippen LogP contribution is 2.07. The van der Waals surface area contributed by atoms with Gasteiger partial charge in [-0.05, 0) is 0 Å². The second-order valence-corrected chi connectivity index (χ2v) is 5.85. The van der Waals surface area contributed by atoms with Crippen molar-refractivity contribution in [3.63, 3.8) is 0 Å². The van der Waals surface area contributed by atoms with Crippen LogP contribution in [0.4, 0.5) is 0 Å². The molecule has 0 heterocycles. The van der Waals surface area contributed by atoms with Gasteiger partial charge in [-0.25, -0.2) is 0 Å². The van der Waals surface area contributed by atoms with Crippen molar-refractivity contribution >= 4 is 16.4 Å². The molecule has 0 atom stereocenters. The third-order valence-corrected chi connectivity index (χ3v) is 3.94. The van der Waals surface area contributed by atoms with E-state index in [-0.39, 0.29) is 0 Å². The molecule has 0 aromatic rings. The number of hydrogen-bond acceptors (Lipinski definition) is 10. The Bertz CT molecular complexity index is 198. The van der Waals surface area contributed by atoms with Gasteiger partial charge in [-0.2, -0.15) is 0 Å². The summed E-state index contributed by atoms with van der Waals surface area (Å²) in [5, 5.41) is 41.8. The van der Waals surface area contributed by atoms with Crippen molar-refractivity contribution in [2.45, 2.75) is 5.54 Å². The zero-order valence-corrected chi connectivity index (χ0v) is 12.1. The van der Waals surface area contributed by atoms with Gasteiger partial charge in [0.1, 0.15) is 0 Å².